The van der Waals surface area contributed by atoms with Crippen molar-refractivity contribution in [2.24, 2.45) is 0 Å². The minimum atomic E-state index is -0.745. The summed E-state index contributed by atoms with van der Waals surface area (Å²) in [6.45, 7) is 0.545. The zero-order chi connectivity index (χ0) is 15.9. The molecule has 1 aromatic carbocycles. The molecule has 0 unspecified atom stereocenters. The molecule has 0 atom stereocenters. The van der Waals surface area contributed by atoms with Gasteiger partial charge in [0.25, 0.3) is 5.91 Å². The number of likely N-dealkylation sites (tertiary alicyclic amines) is 1. The third kappa shape index (κ3) is 4.18. The molecule has 0 spiro atoms. The second kappa shape index (κ2) is 7.39. The Labute approximate surface area is 126 Å². The normalized spacial score (nSPS) is 13.7. The summed E-state index contributed by atoms with van der Waals surface area (Å²) in [6.07, 6.45) is 1.92. The number of hydrogen-bond donors (Lipinski definition) is 0. The van der Waals surface area contributed by atoms with Gasteiger partial charge in [0, 0.05) is 19.2 Å². The van der Waals surface area contributed by atoms with Crippen LogP contribution in [0.3, 0.4) is 0 Å². The summed E-state index contributed by atoms with van der Waals surface area (Å²) in [6, 6.07) is 5.72. The number of nitrogens with zero attached hydrogens (tertiary/aromatic N) is 2. The maximum atomic E-state index is 11.7. The van der Waals surface area contributed by atoms with Gasteiger partial charge in [-0.25, -0.2) is 4.79 Å². The van der Waals surface area contributed by atoms with Gasteiger partial charge in [-0.3, -0.25) is 14.9 Å². The van der Waals surface area contributed by atoms with Gasteiger partial charge in [0.2, 0.25) is 0 Å². The van der Waals surface area contributed by atoms with Crippen molar-refractivity contribution in [2.75, 3.05) is 26.3 Å². The van der Waals surface area contributed by atoms with Gasteiger partial charge < -0.3 is 14.4 Å². The highest BCUT2D eigenvalue weighted by molar-refractivity contribution is 5.81. The van der Waals surface area contributed by atoms with E-state index in [1.54, 1.807) is 11.0 Å². The number of amides is 1. The minimum Gasteiger partial charge on any atom is -0.475 e. The second-order valence-electron chi connectivity index (χ2n) is 4.76. The lowest BCUT2D eigenvalue weighted by Crippen LogP contribution is -2.32. The Hall–Kier alpha value is -2.64. The number of nitro benzene ring substituents is 1. The summed E-state index contributed by atoms with van der Waals surface area (Å²) in [7, 11) is 0. The molecule has 0 aromatic heterocycles. The van der Waals surface area contributed by atoms with Gasteiger partial charge in [0.1, 0.15) is 0 Å². The van der Waals surface area contributed by atoms with Crippen molar-refractivity contribution in [1.29, 1.82) is 0 Å². The van der Waals surface area contributed by atoms with E-state index >= 15 is 0 Å². The Morgan fingerprint density at radius 3 is 2.55 bits per heavy atom. The highest BCUT2D eigenvalue weighted by atomic mass is 16.6. The molecule has 1 aromatic rings. The first-order valence-corrected chi connectivity index (χ1v) is 6.87. The molecule has 0 N–H and O–H groups in total. The first kappa shape index (κ1) is 15.7. The average Bonchev–Trinajstić information content (AvgIpc) is 3.05. The molecule has 2 rings (SSSR count). The molecule has 0 bridgehead atoms. The van der Waals surface area contributed by atoms with Crippen LogP contribution in [0.2, 0.25) is 0 Å². The SMILES string of the molecule is O=C(COc1ccccc1[N+](=O)[O-])OCC(=O)N1CCCC1. The smallest absolute Gasteiger partial charge is 0.344 e. The van der Waals surface area contributed by atoms with Crippen LogP contribution in [0.5, 0.6) is 5.75 Å². The zero-order valence-corrected chi connectivity index (χ0v) is 11.9. The molecule has 1 aliphatic rings. The third-order valence-corrected chi connectivity index (χ3v) is 3.22. The van der Waals surface area contributed by atoms with E-state index in [9.17, 15) is 19.7 Å². The Bertz CT molecular complexity index is 568. The van der Waals surface area contributed by atoms with Crippen LogP contribution in [0.1, 0.15) is 12.8 Å². The molecular weight excluding hydrogens is 292 g/mol. The third-order valence-electron chi connectivity index (χ3n) is 3.22. The van der Waals surface area contributed by atoms with Crippen molar-refractivity contribution < 1.29 is 24.0 Å². The molecule has 1 saturated heterocycles. The molecule has 8 nitrogen and oxygen atoms in total. The van der Waals surface area contributed by atoms with Crippen molar-refractivity contribution in [3.8, 4) is 5.75 Å². The molecular formula is C14H16N2O6. The van der Waals surface area contributed by atoms with Crippen molar-refractivity contribution in [3.05, 3.63) is 34.4 Å². The lowest BCUT2D eigenvalue weighted by molar-refractivity contribution is -0.385. The largest absolute Gasteiger partial charge is 0.475 e. The van der Waals surface area contributed by atoms with Gasteiger partial charge in [-0.1, -0.05) is 12.1 Å². The predicted octanol–water partition coefficient (Wildman–Crippen LogP) is 1.14. The predicted molar refractivity (Wildman–Crippen MR) is 75.4 cm³/mol. The van der Waals surface area contributed by atoms with E-state index in [1.807, 2.05) is 0 Å². The zero-order valence-electron chi connectivity index (χ0n) is 11.9. The Morgan fingerprint density at radius 2 is 1.86 bits per heavy atom. The minimum absolute atomic E-state index is 0.0182. The fraction of sp³-hybridized carbons (Fsp3) is 0.429. The molecule has 118 valence electrons. The molecule has 1 fully saturated rings. The molecule has 8 heteroatoms. The van der Waals surface area contributed by atoms with Crippen molar-refractivity contribution in [2.45, 2.75) is 12.8 Å². The summed E-state index contributed by atoms with van der Waals surface area (Å²) >= 11 is 0. The lowest BCUT2D eigenvalue weighted by Gasteiger charge is -2.14. The first-order chi connectivity index (χ1) is 10.6. The average molecular weight is 308 g/mol. The number of carbonyl (C=O) groups excluding carboxylic acids is 2. The number of hydrogen-bond acceptors (Lipinski definition) is 6. The van der Waals surface area contributed by atoms with Gasteiger partial charge >= 0.3 is 11.7 Å². The number of benzene rings is 1. The van der Waals surface area contributed by atoms with E-state index in [-0.39, 0.29) is 24.0 Å². The highest BCUT2D eigenvalue weighted by Crippen LogP contribution is 2.25. The van der Waals surface area contributed by atoms with Gasteiger partial charge in [0.05, 0.1) is 4.92 Å². The topological polar surface area (TPSA) is 99.0 Å². The Balaban J connectivity index is 1.78. The second-order valence-corrected chi connectivity index (χ2v) is 4.76. The fourth-order valence-electron chi connectivity index (χ4n) is 2.11. The molecule has 0 saturated carbocycles. The van der Waals surface area contributed by atoms with Crippen LogP contribution in [0.15, 0.2) is 24.3 Å². The van der Waals surface area contributed by atoms with E-state index < -0.39 is 17.5 Å². The maximum Gasteiger partial charge on any atom is 0.344 e. The lowest BCUT2D eigenvalue weighted by atomic mass is 10.3. The van der Waals surface area contributed by atoms with Gasteiger partial charge in [-0.15, -0.1) is 0 Å². The molecule has 1 amide bonds. The number of ether oxygens (including phenoxy) is 2. The molecule has 0 radical (unpaired) electrons. The van der Waals surface area contributed by atoms with Gasteiger partial charge in [-0.2, -0.15) is 0 Å². The quantitative estimate of drug-likeness (QED) is 0.444. The van der Waals surface area contributed by atoms with Crippen LogP contribution in [-0.2, 0) is 14.3 Å². The van der Waals surface area contributed by atoms with Crippen LogP contribution in [0.4, 0.5) is 5.69 Å². The van der Waals surface area contributed by atoms with E-state index in [1.165, 1.54) is 18.2 Å². The van der Waals surface area contributed by atoms with Crippen LogP contribution in [-0.4, -0.2) is 48.0 Å². The summed E-state index contributed by atoms with van der Waals surface area (Å²) in [5.41, 5.74) is -0.233. The number of esters is 1. The summed E-state index contributed by atoms with van der Waals surface area (Å²) in [5.74, 6) is -1.00. The van der Waals surface area contributed by atoms with E-state index in [0.29, 0.717) is 13.1 Å². The van der Waals surface area contributed by atoms with Gasteiger partial charge in [0.15, 0.2) is 19.0 Å². The summed E-state index contributed by atoms with van der Waals surface area (Å²) in [4.78, 5) is 35.0. The van der Waals surface area contributed by atoms with E-state index in [2.05, 4.69) is 0 Å². The summed E-state index contributed by atoms with van der Waals surface area (Å²) < 4.78 is 9.89. The number of para-hydroxylation sites is 2. The van der Waals surface area contributed by atoms with Crippen LogP contribution < -0.4 is 4.74 Å². The monoisotopic (exact) mass is 308 g/mol. The fourth-order valence-corrected chi connectivity index (χ4v) is 2.11. The highest BCUT2D eigenvalue weighted by Gasteiger charge is 2.20. The van der Waals surface area contributed by atoms with Crippen LogP contribution >= 0.6 is 0 Å². The molecule has 1 aliphatic heterocycles. The standard InChI is InChI=1S/C14H16N2O6/c17-13(15-7-3-4-8-15)9-22-14(18)10-21-12-6-2-1-5-11(12)16(19)20/h1-2,5-6H,3-4,7-10H2. The number of nitro groups is 1. The number of rotatable bonds is 6. The maximum absolute atomic E-state index is 11.7. The molecule has 22 heavy (non-hydrogen) atoms. The molecule has 1 heterocycles. The van der Waals surface area contributed by atoms with Crippen molar-refractivity contribution in [1.82, 2.24) is 4.90 Å². The van der Waals surface area contributed by atoms with Crippen LogP contribution in [0, 0.1) is 10.1 Å². The summed E-state index contributed by atoms with van der Waals surface area (Å²) in [5, 5.41) is 10.8. The van der Waals surface area contributed by atoms with E-state index in [4.69, 9.17) is 9.47 Å². The first-order valence-electron chi connectivity index (χ1n) is 6.87. The van der Waals surface area contributed by atoms with Gasteiger partial charge in [-0.05, 0) is 18.9 Å². The Morgan fingerprint density at radius 1 is 1.18 bits per heavy atom. The molecule has 0 aliphatic carbocycles. The Kier molecular flexibility index (Phi) is 5.29. The van der Waals surface area contributed by atoms with Crippen LogP contribution in [0.25, 0.3) is 0 Å². The van der Waals surface area contributed by atoms with Crippen molar-refractivity contribution >= 4 is 17.6 Å². The van der Waals surface area contributed by atoms with E-state index in [0.717, 1.165) is 12.8 Å². The number of carbonyl (C=O) groups is 2. The van der Waals surface area contributed by atoms with Crippen molar-refractivity contribution in [3.63, 3.8) is 0 Å².